The molecule has 1 aliphatic carbocycles. The highest BCUT2D eigenvalue weighted by Crippen LogP contribution is 2.34. The summed E-state index contributed by atoms with van der Waals surface area (Å²) in [6.45, 7) is 4.27. The SMILES string of the molecule is Cc1sc2nc(SCCNS(=O)(=O)c3ccccc3)n(C3CCCC3)c(=O)c2c1C. The van der Waals surface area contributed by atoms with Gasteiger partial charge in [0.15, 0.2) is 5.16 Å². The maximum absolute atomic E-state index is 13.4. The van der Waals surface area contributed by atoms with Crippen molar-refractivity contribution in [2.75, 3.05) is 12.3 Å². The van der Waals surface area contributed by atoms with E-state index in [4.69, 9.17) is 4.98 Å². The Labute approximate surface area is 184 Å². The summed E-state index contributed by atoms with van der Waals surface area (Å²) >= 11 is 3.00. The maximum atomic E-state index is 13.4. The van der Waals surface area contributed by atoms with Gasteiger partial charge in [-0.2, -0.15) is 0 Å². The van der Waals surface area contributed by atoms with Gasteiger partial charge in [0, 0.05) is 23.2 Å². The Bertz CT molecular complexity index is 1210. The second-order valence-corrected chi connectivity index (χ2v) is 11.6. The standard InChI is InChI=1S/C21H25N3O3S3/c1-14-15(2)29-19-18(14)20(25)24(16-8-6-7-9-16)21(23-19)28-13-12-22-30(26,27)17-10-4-3-5-11-17/h3-5,10-11,16,22H,6-9,12-13H2,1-2H3. The highest BCUT2D eigenvalue weighted by molar-refractivity contribution is 7.99. The van der Waals surface area contributed by atoms with Crippen LogP contribution in [0, 0.1) is 13.8 Å². The lowest BCUT2D eigenvalue weighted by atomic mass is 10.2. The van der Waals surface area contributed by atoms with Crippen LogP contribution in [-0.2, 0) is 10.0 Å². The Hall–Kier alpha value is -1.68. The molecule has 1 N–H and O–H groups in total. The van der Waals surface area contributed by atoms with E-state index >= 15 is 0 Å². The molecule has 9 heteroatoms. The Morgan fingerprint density at radius 2 is 1.90 bits per heavy atom. The fourth-order valence-corrected chi connectivity index (χ4v) is 7.05. The summed E-state index contributed by atoms with van der Waals surface area (Å²) in [5.74, 6) is 0.500. The van der Waals surface area contributed by atoms with E-state index in [1.807, 2.05) is 18.4 Å². The summed E-state index contributed by atoms with van der Waals surface area (Å²) < 4.78 is 29.3. The molecule has 0 amide bonds. The van der Waals surface area contributed by atoms with Gasteiger partial charge >= 0.3 is 0 Å². The van der Waals surface area contributed by atoms with Crippen molar-refractivity contribution in [3.05, 3.63) is 51.1 Å². The third-order valence-corrected chi connectivity index (χ3v) is 9.10. The van der Waals surface area contributed by atoms with Crippen molar-refractivity contribution in [2.45, 2.75) is 55.6 Å². The van der Waals surface area contributed by atoms with Gasteiger partial charge in [0.05, 0.1) is 10.3 Å². The molecule has 0 unspecified atom stereocenters. The minimum absolute atomic E-state index is 0.0427. The number of rotatable bonds is 7. The number of thioether (sulfide) groups is 1. The monoisotopic (exact) mass is 463 g/mol. The number of hydrogen-bond acceptors (Lipinski definition) is 6. The number of benzene rings is 1. The van der Waals surface area contributed by atoms with Gasteiger partial charge in [0.25, 0.3) is 5.56 Å². The molecule has 1 aromatic carbocycles. The fraction of sp³-hybridized carbons (Fsp3) is 0.429. The molecule has 6 nitrogen and oxygen atoms in total. The minimum atomic E-state index is -3.54. The van der Waals surface area contributed by atoms with Crippen LogP contribution in [0.2, 0.25) is 0 Å². The third kappa shape index (κ3) is 4.21. The van der Waals surface area contributed by atoms with Crippen molar-refractivity contribution >= 4 is 43.3 Å². The van der Waals surface area contributed by atoms with Gasteiger partial charge in [0.1, 0.15) is 4.83 Å². The van der Waals surface area contributed by atoms with Gasteiger partial charge in [-0.3, -0.25) is 9.36 Å². The van der Waals surface area contributed by atoms with Gasteiger partial charge in [-0.15, -0.1) is 11.3 Å². The van der Waals surface area contributed by atoms with E-state index < -0.39 is 10.0 Å². The Balaban J connectivity index is 1.56. The van der Waals surface area contributed by atoms with E-state index in [2.05, 4.69) is 4.72 Å². The summed E-state index contributed by atoms with van der Waals surface area (Å²) in [6, 6.07) is 8.51. The third-order valence-electron chi connectivity index (χ3n) is 5.57. The van der Waals surface area contributed by atoms with Crippen LogP contribution in [0.5, 0.6) is 0 Å². The lowest BCUT2D eigenvalue weighted by molar-refractivity contribution is 0.458. The molecule has 2 aromatic heterocycles. The average Bonchev–Trinajstić information content (AvgIpc) is 3.35. The molecule has 0 saturated heterocycles. The first-order valence-corrected chi connectivity index (χ1v) is 13.4. The number of hydrogen-bond donors (Lipinski definition) is 1. The highest BCUT2D eigenvalue weighted by atomic mass is 32.2. The van der Waals surface area contributed by atoms with Crippen LogP contribution >= 0.6 is 23.1 Å². The van der Waals surface area contributed by atoms with Gasteiger partial charge in [-0.05, 0) is 44.4 Å². The highest BCUT2D eigenvalue weighted by Gasteiger charge is 2.25. The number of aryl methyl sites for hydroxylation is 2. The molecule has 2 heterocycles. The molecule has 0 atom stereocenters. The van der Waals surface area contributed by atoms with E-state index in [0.29, 0.717) is 10.9 Å². The number of thiophene rings is 1. The fourth-order valence-electron chi connectivity index (χ4n) is 3.88. The van der Waals surface area contributed by atoms with E-state index in [9.17, 15) is 13.2 Å². The van der Waals surface area contributed by atoms with Crippen LogP contribution in [-0.4, -0.2) is 30.3 Å². The summed E-state index contributed by atoms with van der Waals surface area (Å²) in [6.07, 6.45) is 4.22. The first kappa shape index (κ1) is 21.5. The van der Waals surface area contributed by atoms with Crippen molar-refractivity contribution < 1.29 is 8.42 Å². The summed E-state index contributed by atoms with van der Waals surface area (Å²) in [5.41, 5.74) is 1.06. The Morgan fingerprint density at radius 1 is 1.20 bits per heavy atom. The second kappa shape index (κ2) is 8.82. The molecule has 4 rings (SSSR count). The molecule has 0 spiro atoms. The van der Waals surface area contributed by atoms with E-state index in [0.717, 1.165) is 46.3 Å². The molecule has 30 heavy (non-hydrogen) atoms. The maximum Gasteiger partial charge on any atom is 0.263 e. The molecular weight excluding hydrogens is 438 g/mol. The van der Waals surface area contributed by atoms with Gasteiger partial charge in [0.2, 0.25) is 10.0 Å². The zero-order valence-electron chi connectivity index (χ0n) is 17.1. The molecule has 1 saturated carbocycles. The van der Waals surface area contributed by atoms with Crippen LogP contribution in [0.4, 0.5) is 0 Å². The predicted octanol–water partition coefficient (Wildman–Crippen LogP) is 4.26. The molecule has 160 valence electrons. The molecule has 3 aromatic rings. The summed E-state index contributed by atoms with van der Waals surface area (Å²) in [4.78, 5) is 20.3. The van der Waals surface area contributed by atoms with Crippen molar-refractivity contribution in [1.29, 1.82) is 0 Å². The molecule has 1 aliphatic rings. The zero-order valence-corrected chi connectivity index (χ0v) is 19.5. The van der Waals surface area contributed by atoms with Crippen molar-refractivity contribution in [3.8, 4) is 0 Å². The zero-order chi connectivity index (χ0) is 21.3. The molecule has 0 aliphatic heterocycles. The van der Waals surface area contributed by atoms with Crippen LogP contribution in [0.25, 0.3) is 10.2 Å². The molecular formula is C21H25N3O3S3. The largest absolute Gasteiger partial charge is 0.284 e. The topological polar surface area (TPSA) is 81.1 Å². The van der Waals surface area contributed by atoms with Crippen LogP contribution in [0.1, 0.15) is 42.2 Å². The second-order valence-electron chi connectivity index (χ2n) is 7.53. The van der Waals surface area contributed by atoms with Crippen molar-refractivity contribution in [3.63, 3.8) is 0 Å². The lowest BCUT2D eigenvalue weighted by Crippen LogP contribution is -2.28. The predicted molar refractivity (Wildman–Crippen MR) is 123 cm³/mol. The number of sulfonamides is 1. The lowest BCUT2D eigenvalue weighted by Gasteiger charge is -2.18. The van der Waals surface area contributed by atoms with Crippen LogP contribution < -0.4 is 10.3 Å². The van der Waals surface area contributed by atoms with E-state index in [1.165, 1.54) is 11.8 Å². The minimum Gasteiger partial charge on any atom is -0.284 e. The number of aromatic nitrogens is 2. The Morgan fingerprint density at radius 3 is 2.60 bits per heavy atom. The number of fused-ring (bicyclic) bond motifs is 1. The van der Waals surface area contributed by atoms with Crippen LogP contribution in [0.3, 0.4) is 0 Å². The van der Waals surface area contributed by atoms with Gasteiger partial charge < -0.3 is 0 Å². The van der Waals surface area contributed by atoms with Crippen LogP contribution in [0.15, 0.2) is 45.2 Å². The van der Waals surface area contributed by atoms with Gasteiger partial charge in [-0.1, -0.05) is 42.8 Å². The number of nitrogens with one attached hydrogen (secondary N) is 1. The summed E-state index contributed by atoms with van der Waals surface area (Å²) in [5, 5.41) is 1.43. The first-order valence-electron chi connectivity index (χ1n) is 10.1. The van der Waals surface area contributed by atoms with Crippen molar-refractivity contribution in [2.24, 2.45) is 0 Å². The average molecular weight is 464 g/mol. The van der Waals surface area contributed by atoms with E-state index in [-0.39, 0.29) is 23.0 Å². The van der Waals surface area contributed by atoms with E-state index in [1.54, 1.807) is 41.7 Å². The summed E-state index contributed by atoms with van der Waals surface area (Å²) in [7, 11) is -3.54. The molecule has 0 radical (unpaired) electrons. The van der Waals surface area contributed by atoms with Gasteiger partial charge in [-0.25, -0.2) is 18.1 Å². The number of nitrogens with zero attached hydrogens (tertiary/aromatic N) is 2. The molecule has 1 fully saturated rings. The first-order chi connectivity index (χ1) is 14.4. The normalized spacial score (nSPS) is 15.3. The quantitative estimate of drug-likeness (QED) is 0.322. The van der Waals surface area contributed by atoms with Crippen molar-refractivity contribution in [1.82, 2.24) is 14.3 Å². The Kier molecular flexibility index (Phi) is 6.34. The molecule has 0 bridgehead atoms. The smallest absolute Gasteiger partial charge is 0.263 e.